The van der Waals surface area contributed by atoms with Crippen LogP contribution in [0.5, 0.6) is 17.2 Å². The van der Waals surface area contributed by atoms with Crippen molar-refractivity contribution in [1.82, 2.24) is 0 Å². The summed E-state index contributed by atoms with van der Waals surface area (Å²) in [6, 6.07) is 12.2. The maximum Gasteiger partial charge on any atom is 0.232 e. The number of carbonyl (C=O) groups is 1. The van der Waals surface area contributed by atoms with Crippen molar-refractivity contribution in [3.05, 3.63) is 91.1 Å². The summed E-state index contributed by atoms with van der Waals surface area (Å²) in [6.07, 6.45) is 1.61. The Morgan fingerprint density at radius 1 is 1.06 bits per heavy atom. The lowest BCUT2D eigenvalue weighted by molar-refractivity contribution is -0.0175. The van der Waals surface area contributed by atoms with Gasteiger partial charge in [-0.05, 0) is 54.5 Å². The molecule has 0 N–H and O–H groups in total. The maximum atomic E-state index is 12.9. The number of aryl methyl sites for hydroxylation is 1. The van der Waals surface area contributed by atoms with Gasteiger partial charge in [-0.25, -0.2) is 0 Å². The van der Waals surface area contributed by atoms with Crippen LogP contribution in [-0.2, 0) is 18.0 Å². The van der Waals surface area contributed by atoms with Gasteiger partial charge in [0.1, 0.15) is 23.9 Å². The molecule has 0 aromatic heterocycles. The maximum absolute atomic E-state index is 12.9. The van der Waals surface area contributed by atoms with E-state index < -0.39 is 0 Å². The Bertz CT molecular complexity index is 1320. The van der Waals surface area contributed by atoms with E-state index in [1.165, 1.54) is 0 Å². The molecule has 0 bridgehead atoms. The van der Waals surface area contributed by atoms with E-state index in [2.05, 4.69) is 0 Å². The van der Waals surface area contributed by atoms with E-state index in [0.29, 0.717) is 44.3 Å². The highest BCUT2D eigenvalue weighted by atomic mass is 35.5. The summed E-state index contributed by atoms with van der Waals surface area (Å²) in [5, 5.41) is 1.53. The van der Waals surface area contributed by atoms with Crippen molar-refractivity contribution in [1.29, 1.82) is 0 Å². The van der Waals surface area contributed by atoms with E-state index >= 15 is 0 Å². The Hall–Kier alpha value is -2.70. The van der Waals surface area contributed by atoms with Crippen LogP contribution in [0.4, 0.5) is 0 Å². The van der Waals surface area contributed by atoms with E-state index in [9.17, 15) is 4.79 Å². The molecule has 33 heavy (non-hydrogen) atoms. The highest BCUT2D eigenvalue weighted by molar-refractivity contribution is 6.35. The van der Waals surface area contributed by atoms with E-state index in [-0.39, 0.29) is 24.9 Å². The molecule has 3 aromatic rings. The summed E-state index contributed by atoms with van der Waals surface area (Å²) >= 11 is 18.4. The van der Waals surface area contributed by atoms with Gasteiger partial charge in [-0.15, -0.1) is 0 Å². The third-order valence-electron chi connectivity index (χ3n) is 5.34. The summed E-state index contributed by atoms with van der Waals surface area (Å²) in [6.45, 7) is 2.69. The number of hydrogen-bond acceptors (Lipinski definition) is 5. The van der Waals surface area contributed by atoms with Gasteiger partial charge in [0.15, 0.2) is 12.6 Å². The van der Waals surface area contributed by atoms with Crippen molar-refractivity contribution in [3.63, 3.8) is 0 Å². The van der Waals surface area contributed by atoms with Crippen LogP contribution in [-0.4, -0.2) is 12.6 Å². The number of fused-ring (bicyclic) bond motifs is 2. The zero-order chi connectivity index (χ0) is 23.1. The second kappa shape index (κ2) is 8.92. The number of allylic oxidation sites excluding steroid dienone is 1. The van der Waals surface area contributed by atoms with Crippen LogP contribution < -0.4 is 14.2 Å². The highest BCUT2D eigenvalue weighted by Crippen LogP contribution is 2.39. The Kier molecular flexibility index (Phi) is 5.97. The molecule has 2 aliphatic heterocycles. The lowest BCUT2D eigenvalue weighted by Gasteiger charge is -2.21. The van der Waals surface area contributed by atoms with Crippen molar-refractivity contribution < 1.29 is 23.7 Å². The molecule has 5 nitrogen and oxygen atoms in total. The number of ether oxygens (including phenoxy) is 4. The van der Waals surface area contributed by atoms with Crippen molar-refractivity contribution in [2.24, 2.45) is 0 Å². The first-order valence-electron chi connectivity index (χ1n) is 10.1. The topological polar surface area (TPSA) is 54.0 Å². The number of rotatable bonds is 4. The summed E-state index contributed by atoms with van der Waals surface area (Å²) in [5.74, 6) is 1.69. The lowest BCUT2D eigenvalue weighted by atomic mass is 10.0. The molecule has 0 spiro atoms. The van der Waals surface area contributed by atoms with Crippen LogP contribution in [0.2, 0.25) is 15.1 Å². The lowest BCUT2D eigenvalue weighted by Crippen LogP contribution is -2.14. The monoisotopic (exact) mass is 502 g/mol. The Balaban J connectivity index is 1.40. The van der Waals surface area contributed by atoms with Crippen LogP contribution in [0, 0.1) is 6.92 Å². The smallest absolute Gasteiger partial charge is 0.232 e. The van der Waals surface area contributed by atoms with Crippen LogP contribution in [0.15, 0.2) is 48.2 Å². The summed E-state index contributed by atoms with van der Waals surface area (Å²) in [4.78, 5) is 12.9. The molecule has 8 heteroatoms. The third kappa shape index (κ3) is 4.42. The summed E-state index contributed by atoms with van der Waals surface area (Å²) in [7, 11) is 0. The number of carbonyl (C=O) groups excluding carboxylic acids is 1. The van der Waals surface area contributed by atoms with Crippen molar-refractivity contribution in [3.8, 4) is 17.2 Å². The average molecular weight is 504 g/mol. The molecule has 0 amide bonds. The third-order valence-corrected chi connectivity index (χ3v) is 6.12. The minimum Gasteiger partial charge on any atom is -0.489 e. The van der Waals surface area contributed by atoms with Crippen LogP contribution in [0.25, 0.3) is 6.08 Å². The molecule has 0 unspecified atom stereocenters. The predicted octanol–water partition coefficient (Wildman–Crippen LogP) is 7.02. The molecular formula is C25H17Cl3O5. The van der Waals surface area contributed by atoms with Gasteiger partial charge in [0.2, 0.25) is 5.78 Å². The highest BCUT2D eigenvalue weighted by Gasteiger charge is 2.30. The second-order valence-corrected chi connectivity index (χ2v) is 8.95. The molecule has 0 saturated carbocycles. The van der Waals surface area contributed by atoms with Gasteiger partial charge in [0.25, 0.3) is 0 Å². The van der Waals surface area contributed by atoms with Gasteiger partial charge >= 0.3 is 0 Å². The molecule has 0 aliphatic carbocycles. The van der Waals surface area contributed by atoms with Gasteiger partial charge < -0.3 is 18.9 Å². The molecule has 2 aliphatic rings. The number of hydrogen-bond donors (Lipinski definition) is 0. The van der Waals surface area contributed by atoms with Crippen LogP contribution >= 0.6 is 34.8 Å². The zero-order valence-corrected chi connectivity index (χ0v) is 19.7. The minimum absolute atomic E-state index is 0.183. The number of halogens is 3. The van der Waals surface area contributed by atoms with Crippen molar-refractivity contribution in [2.75, 3.05) is 6.79 Å². The number of Topliss-reactive ketones (excluding diaryl/α,β-unsaturated/α-hetero) is 1. The van der Waals surface area contributed by atoms with Gasteiger partial charge in [-0.2, -0.15) is 0 Å². The molecule has 0 fully saturated rings. The minimum atomic E-state index is -0.211. The fourth-order valence-corrected chi connectivity index (χ4v) is 4.57. The van der Waals surface area contributed by atoms with Crippen LogP contribution in [0.1, 0.15) is 32.6 Å². The second-order valence-electron chi connectivity index (χ2n) is 7.67. The first-order chi connectivity index (χ1) is 15.9. The molecule has 0 radical (unpaired) electrons. The Morgan fingerprint density at radius 3 is 2.73 bits per heavy atom. The molecule has 3 aromatic carbocycles. The zero-order valence-electron chi connectivity index (χ0n) is 17.4. The van der Waals surface area contributed by atoms with Gasteiger partial charge in [-0.1, -0.05) is 40.9 Å². The largest absolute Gasteiger partial charge is 0.489 e. The van der Waals surface area contributed by atoms with Crippen molar-refractivity contribution in [2.45, 2.75) is 20.1 Å². The fourth-order valence-electron chi connectivity index (χ4n) is 3.85. The molecule has 168 valence electrons. The summed E-state index contributed by atoms with van der Waals surface area (Å²) in [5.41, 5.74) is 3.58. The van der Waals surface area contributed by atoms with Crippen molar-refractivity contribution >= 4 is 46.7 Å². The number of benzene rings is 3. The normalized spacial score (nSPS) is 15.6. The Labute approximate surface area is 205 Å². The van der Waals surface area contributed by atoms with Gasteiger partial charge in [-0.3, -0.25) is 4.79 Å². The first-order valence-corrected chi connectivity index (χ1v) is 11.2. The molecule has 2 heterocycles. The first kappa shape index (κ1) is 22.1. The van der Waals surface area contributed by atoms with Gasteiger partial charge in [0, 0.05) is 32.3 Å². The standard InChI is InChI=1S/C25H17Cl3O5/c1-13-4-19(31-11-16-6-18(27)5-15-10-30-12-32-25(15)16)9-21-23(13)24(29)22(33-21)7-14-2-3-17(26)8-20(14)28/h2-9H,10-12H2,1H3/b22-7-. The SMILES string of the molecule is Cc1cc(OCc2cc(Cl)cc3c2OCOC3)cc2c1C(=O)/C(=C/c1ccc(Cl)cc1Cl)O2. The molecular weight excluding hydrogens is 487 g/mol. The average Bonchev–Trinajstić information content (AvgIpc) is 3.09. The van der Waals surface area contributed by atoms with Crippen LogP contribution in [0.3, 0.4) is 0 Å². The van der Waals surface area contributed by atoms with E-state index in [0.717, 1.165) is 22.4 Å². The summed E-state index contributed by atoms with van der Waals surface area (Å²) < 4.78 is 22.8. The molecule has 0 atom stereocenters. The van der Waals surface area contributed by atoms with E-state index in [4.69, 9.17) is 53.8 Å². The Morgan fingerprint density at radius 2 is 1.91 bits per heavy atom. The quantitative estimate of drug-likeness (QED) is 0.358. The molecule has 0 saturated heterocycles. The number of ketones is 1. The fraction of sp³-hybridized carbons (Fsp3) is 0.160. The van der Waals surface area contributed by atoms with E-state index in [1.54, 1.807) is 36.4 Å². The predicted molar refractivity (Wildman–Crippen MR) is 127 cm³/mol. The van der Waals surface area contributed by atoms with E-state index in [1.807, 2.05) is 19.1 Å². The molecule has 5 rings (SSSR count). The van der Waals surface area contributed by atoms with Gasteiger partial charge in [0.05, 0.1) is 12.2 Å².